The lowest BCUT2D eigenvalue weighted by atomic mass is 10.0. The largest absolute Gasteiger partial charge is 0.506 e. The highest BCUT2D eigenvalue weighted by Crippen LogP contribution is 2.32. The number of aryl methyl sites for hydroxylation is 1. The van der Waals surface area contributed by atoms with Crippen LogP contribution in [0.15, 0.2) is 40.9 Å². The first kappa shape index (κ1) is 16.9. The van der Waals surface area contributed by atoms with Crippen molar-refractivity contribution < 1.29 is 10.2 Å². The summed E-state index contributed by atoms with van der Waals surface area (Å²) in [6, 6.07) is 11.0. The second-order valence-corrected chi connectivity index (χ2v) is 6.00. The zero-order chi connectivity index (χ0) is 15.3. The lowest BCUT2D eigenvalue weighted by Crippen LogP contribution is -1.87. The third kappa shape index (κ3) is 4.43. The minimum atomic E-state index is 0.180. The van der Waals surface area contributed by atoms with Crippen molar-refractivity contribution >= 4 is 27.5 Å². The van der Waals surface area contributed by atoms with Crippen molar-refractivity contribution in [3.8, 4) is 11.5 Å². The number of aromatic hydroxyl groups is 2. The van der Waals surface area contributed by atoms with E-state index in [-0.39, 0.29) is 5.75 Å². The van der Waals surface area contributed by atoms with Crippen LogP contribution in [0.4, 0.5) is 0 Å². The van der Waals surface area contributed by atoms with Crippen molar-refractivity contribution in [2.24, 2.45) is 0 Å². The third-order valence-corrected chi connectivity index (χ3v) is 3.77. The molecule has 2 aromatic rings. The van der Waals surface area contributed by atoms with Crippen molar-refractivity contribution in [3.63, 3.8) is 0 Å². The molecule has 108 valence electrons. The highest BCUT2D eigenvalue weighted by molar-refractivity contribution is 9.10. The Morgan fingerprint density at radius 3 is 2.05 bits per heavy atom. The van der Waals surface area contributed by atoms with E-state index in [0.29, 0.717) is 16.7 Å². The SMILES string of the molecule is CC(C)c1cccc(Br)c1O.Cc1cccc(Cl)c1O. The number of benzene rings is 2. The Hall–Kier alpha value is -1.19. The van der Waals surface area contributed by atoms with Gasteiger partial charge in [0.1, 0.15) is 11.5 Å². The zero-order valence-electron chi connectivity index (χ0n) is 11.7. The van der Waals surface area contributed by atoms with Crippen LogP contribution >= 0.6 is 27.5 Å². The summed E-state index contributed by atoms with van der Waals surface area (Å²) in [5, 5.41) is 19.0. The van der Waals surface area contributed by atoms with E-state index < -0.39 is 0 Å². The molecule has 2 aromatic carbocycles. The molecule has 2 N–H and O–H groups in total. The first-order chi connectivity index (χ1) is 9.34. The van der Waals surface area contributed by atoms with Crippen molar-refractivity contribution in [1.29, 1.82) is 0 Å². The van der Waals surface area contributed by atoms with E-state index in [1.807, 2.05) is 18.2 Å². The second-order valence-electron chi connectivity index (χ2n) is 4.74. The summed E-state index contributed by atoms with van der Waals surface area (Å²) in [6.07, 6.45) is 0. The van der Waals surface area contributed by atoms with Gasteiger partial charge < -0.3 is 10.2 Å². The van der Waals surface area contributed by atoms with E-state index >= 15 is 0 Å². The molecule has 0 aliphatic carbocycles. The Bertz CT molecular complexity index is 562. The molecule has 4 heteroatoms. The summed E-state index contributed by atoms with van der Waals surface area (Å²) in [7, 11) is 0. The van der Waals surface area contributed by atoms with Gasteiger partial charge >= 0.3 is 0 Å². The molecule has 0 saturated carbocycles. The third-order valence-electron chi connectivity index (χ3n) is 2.83. The molecule has 2 rings (SSSR count). The predicted molar refractivity (Wildman–Crippen MR) is 87.7 cm³/mol. The number of rotatable bonds is 1. The molecule has 0 aliphatic rings. The Balaban J connectivity index is 0.000000204. The molecule has 2 nitrogen and oxygen atoms in total. The predicted octanol–water partition coefficient (Wildman–Crippen LogP) is 5.63. The lowest BCUT2D eigenvalue weighted by Gasteiger charge is -2.08. The molecule has 0 unspecified atom stereocenters. The molecular weight excluding hydrogens is 340 g/mol. The summed E-state index contributed by atoms with van der Waals surface area (Å²) in [6.45, 7) is 5.92. The van der Waals surface area contributed by atoms with E-state index in [1.165, 1.54) is 0 Å². The average molecular weight is 358 g/mol. The van der Waals surface area contributed by atoms with E-state index in [2.05, 4.69) is 29.8 Å². The fourth-order valence-electron chi connectivity index (χ4n) is 1.62. The Kier molecular flexibility index (Phi) is 6.37. The molecule has 0 heterocycles. The van der Waals surface area contributed by atoms with Crippen LogP contribution in [0, 0.1) is 6.92 Å². The molecular formula is C16H18BrClO2. The number of para-hydroxylation sites is 2. The summed E-state index contributed by atoms with van der Waals surface area (Å²) in [5.74, 6) is 0.911. The van der Waals surface area contributed by atoms with Crippen molar-refractivity contribution in [1.82, 2.24) is 0 Å². The first-order valence-electron chi connectivity index (χ1n) is 6.26. The van der Waals surface area contributed by atoms with Crippen LogP contribution in [-0.4, -0.2) is 10.2 Å². The van der Waals surface area contributed by atoms with Gasteiger partial charge in [0.05, 0.1) is 9.50 Å². The molecule has 0 fully saturated rings. The molecule has 0 saturated heterocycles. The van der Waals surface area contributed by atoms with Gasteiger partial charge in [0, 0.05) is 0 Å². The van der Waals surface area contributed by atoms with E-state index in [1.54, 1.807) is 25.1 Å². The van der Waals surface area contributed by atoms with Gasteiger partial charge in [0.2, 0.25) is 0 Å². The highest BCUT2D eigenvalue weighted by atomic mass is 79.9. The number of phenolic OH excluding ortho intramolecular Hbond substituents is 2. The van der Waals surface area contributed by atoms with Crippen molar-refractivity contribution in [2.45, 2.75) is 26.7 Å². The van der Waals surface area contributed by atoms with Gasteiger partial charge in [-0.05, 0) is 52.0 Å². The van der Waals surface area contributed by atoms with Gasteiger partial charge in [0.25, 0.3) is 0 Å². The first-order valence-corrected chi connectivity index (χ1v) is 7.43. The van der Waals surface area contributed by atoms with Crippen LogP contribution in [0.3, 0.4) is 0 Å². The lowest BCUT2D eigenvalue weighted by molar-refractivity contribution is 0.461. The van der Waals surface area contributed by atoms with Gasteiger partial charge in [-0.1, -0.05) is 49.7 Å². The van der Waals surface area contributed by atoms with Crippen LogP contribution < -0.4 is 0 Å². The van der Waals surface area contributed by atoms with Gasteiger partial charge in [-0.25, -0.2) is 0 Å². The summed E-state index contributed by atoms with van der Waals surface area (Å²) >= 11 is 8.83. The molecule has 0 atom stereocenters. The summed E-state index contributed by atoms with van der Waals surface area (Å²) < 4.78 is 0.767. The smallest absolute Gasteiger partial charge is 0.137 e. The average Bonchev–Trinajstić information content (AvgIpc) is 2.39. The summed E-state index contributed by atoms with van der Waals surface area (Å²) in [5.41, 5.74) is 1.79. The topological polar surface area (TPSA) is 40.5 Å². The van der Waals surface area contributed by atoms with Crippen LogP contribution in [0.5, 0.6) is 11.5 Å². The van der Waals surface area contributed by atoms with Crippen LogP contribution in [-0.2, 0) is 0 Å². The summed E-state index contributed by atoms with van der Waals surface area (Å²) in [4.78, 5) is 0. The Labute approximate surface area is 133 Å². The Morgan fingerprint density at radius 1 is 1.00 bits per heavy atom. The fourth-order valence-corrected chi connectivity index (χ4v) is 2.22. The molecule has 20 heavy (non-hydrogen) atoms. The molecule has 0 radical (unpaired) electrons. The van der Waals surface area contributed by atoms with E-state index in [0.717, 1.165) is 15.6 Å². The van der Waals surface area contributed by atoms with Crippen LogP contribution in [0.1, 0.15) is 30.9 Å². The second kappa shape index (κ2) is 7.55. The van der Waals surface area contributed by atoms with Gasteiger partial charge in [-0.15, -0.1) is 0 Å². The zero-order valence-corrected chi connectivity index (χ0v) is 14.0. The number of hydrogen-bond donors (Lipinski definition) is 2. The Morgan fingerprint density at radius 2 is 1.60 bits per heavy atom. The number of phenols is 2. The maximum Gasteiger partial charge on any atom is 0.137 e. The van der Waals surface area contributed by atoms with Crippen LogP contribution in [0.2, 0.25) is 5.02 Å². The van der Waals surface area contributed by atoms with Gasteiger partial charge in [-0.3, -0.25) is 0 Å². The standard InChI is InChI=1S/C9H11BrO.C7H7ClO/c1-6(2)7-4-3-5-8(10)9(7)11;1-5-3-2-4-6(8)7(5)9/h3-6,11H,1-2H3;2-4,9H,1H3. The van der Waals surface area contributed by atoms with E-state index in [9.17, 15) is 5.11 Å². The molecule has 0 spiro atoms. The maximum absolute atomic E-state index is 9.52. The fraction of sp³-hybridized carbons (Fsp3) is 0.250. The van der Waals surface area contributed by atoms with Gasteiger partial charge in [-0.2, -0.15) is 0 Å². The number of hydrogen-bond acceptors (Lipinski definition) is 2. The van der Waals surface area contributed by atoms with E-state index in [4.69, 9.17) is 16.7 Å². The van der Waals surface area contributed by atoms with Gasteiger partial charge in [0.15, 0.2) is 0 Å². The maximum atomic E-state index is 9.52. The quantitative estimate of drug-likeness (QED) is 0.694. The van der Waals surface area contributed by atoms with Crippen LogP contribution in [0.25, 0.3) is 0 Å². The van der Waals surface area contributed by atoms with Crippen molar-refractivity contribution in [3.05, 3.63) is 57.0 Å². The number of halogens is 2. The molecule has 0 amide bonds. The minimum absolute atomic E-state index is 0.180. The molecule has 0 aromatic heterocycles. The molecule has 0 aliphatic heterocycles. The minimum Gasteiger partial charge on any atom is -0.506 e. The van der Waals surface area contributed by atoms with Crippen molar-refractivity contribution in [2.75, 3.05) is 0 Å². The monoisotopic (exact) mass is 356 g/mol. The normalized spacial score (nSPS) is 10.1. The molecule has 0 bridgehead atoms. The highest BCUT2D eigenvalue weighted by Gasteiger charge is 2.06.